The predicted molar refractivity (Wildman–Crippen MR) is 78.4 cm³/mol. The Morgan fingerprint density at radius 2 is 1.90 bits per heavy atom. The lowest BCUT2D eigenvalue weighted by atomic mass is 10.1. The van der Waals surface area contributed by atoms with Gasteiger partial charge >= 0.3 is 0 Å². The van der Waals surface area contributed by atoms with E-state index in [0.29, 0.717) is 5.82 Å². The lowest BCUT2D eigenvalue weighted by molar-refractivity contribution is 0.893. The van der Waals surface area contributed by atoms with Gasteiger partial charge in [0.05, 0.1) is 23.8 Å². The smallest absolute Gasteiger partial charge is 0.131 e. The largest absolute Gasteiger partial charge is 0.383 e. The van der Waals surface area contributed by atoms with Gasteiger partial charge in [0, 0.05) is 11.1 Å². The Labute approximate surface area is 117 Å². The van der Waals surface area contributed by atoms with Crippen molar-refractivity contribution >= 4 is 5.82 Å². The van der Waals surface area contributed by atoms with Gasteiger partial charge in [0.15, 0.2) is 0 Å². The summed E-state index contributed by atoms with van der Waals surface area (Å²) in [4.78, 5) is 0. The number of hydrogen-bond acceptors (Lipinski definition) is 4. The molecule has 0 saturated heterocycles. The van der Waals surface area contributed by atoms with Crippen LogP contribution in [0.5, 0.6) is 0 Å². The van der Waals surface area contributed by atoms with Crippen LogP contribution in [0.1, 0.15) is 12.5 Å². The van der Waals surface area contributed by atoms with Gasteiger partial charge in [-0.1, -0.05) is 25.1 Å². The number of hydrogen-bond donors (Lipinski definition) is 1. The van der Waals surface area contributed by atoms with Crippen LogP contribution in [-0.4, -0.2) is 20.0 Å². The van der Waals surface area contributed by atoms with E-state index in [1.807, 2.05) is 36.4 Å². The van der Waals surface area contributed by atoms with Crippen molar-refractivity contribution in [3.8, 4) is 16.9 Å². The lowest BCUT2D eigenvalue weighted by Crippen LogP contribution is -2.02. The van der Waals surface area contributed by atoms with E-state index in [4.69, 9.17) is 5.73 Å². The molecule has 3 rings (SSSR count). The third-order valence-corrected chi connectivity index (χ3v) is 3.24. The molecular formula is C15H15N5. The minimum absolute atomic E-state index is 0.672. The molecule has 0 atom stereocenters. The molecule has 0 unspecified atom stereocenters. The summed E-state index contributed by atoms with van der Waals surface area (Å²) in [6.45, 7) is 2.07. The number of nitrogen functional groups attached to an aromatic ring is 1. The van der Waals surface area contributed by atoms with Crippen LogP contribution in [-0.2, 0) is 6.42 Å². The van der Waals surface area contributed by atoms with Crippen molar-refractivity contribution in [1.82, 2.24) is 20.0 Å². The summed E-state index contributed by atoms with van der Waals surface area (Å²) in [6.07, 6.45) is 4.18. The van der Waals surface area contributed by atoms with Gasteiger partial charge in [0.25, 0.3) is 0 Å². The quantitative estimate of drug-likeness (QED) is 0.789. The average molecular weight is 265 g/mol. The molecule has 2 N–H and O–H groups in total. The normalized spacial score (nSPS) is 10.7. The third-order valence-electron chi connectivity index (χ3n) is 3.24. The molecule has 5 nitrogen and oxygen atoms in total. The maximum Gasteiger partial charge on any atom is 0.131 e. The number of rotatable bonds is 3. The van der Waals surface area contributed by atoms with Crippen molar-refractivity contribution in [2.24, 2.45) is 0 Å². The van der Waals surface area contributed by atoms with Crippen molar-refractivity contribution in [3.05, 3.63) is 54.4 Å². The molecule has 5 heteroatoms. The average Bonchev–Trinajstić information content (AvgIpc) is 2.86. The summed E-state index contributed by atoms with van der Waals surface area (Å²) >= 11 is 0. The lowest BCUT2D eigenvalue weighted by Gasteiger charge is -2.03. The summed E-state index contributed by atoms with van der Waals surface area (Å²) in [5.41, 5.74) is 10.0. The second-order valence-corrected chi connectivity index (χ2v) is 4.44. The molecule has 0 spiro atoms. The fraction of sp³-hybridized carbons (Fsp3) is 0.133. The highest BCUT2D eigenvalue weighted by Crippen LogP contribution is 2.28. The highest BCUT2D eigenvalue weighted by molar-refractivity contribution is 5.68. The molecule has 0 aliphatic rings. The monoisotopic (exact) mass is 265 g/mol. The van der Waals surface area contributed by atoms with E-state index in [2.05, 4.69) is 22.2 Å². The highest BCUT2D eigenvalue weighted by Gasteiger charge is 2.16. The van der Waals surface area contributed by atoms with E-state index in [1.54, 1.807) is 17.1 Å². The Kier molecular flexibility index (Phi) is 3.16. The highest BCUT2D eigenvalue weighted by atomic mass is 15.3. The van der Waals surface area contributed by atoms with Crippen LogP contribution in [0.2, 0.25) is 0 Å². The van der Waals surface area contributed by atoms with Crippen molar-refractivity contribution in [2.45, 2.75) is 13.3 Å². The molecule has 0 aliphatic carbocycles. The molecule has 1 aromatic carbocycles. The van der Waals surface area contributed by atoms with Crippen LogP contribution in [0.3, 0.4) is 0 Å². The van der Waals surface area contributed by atoms with Gasteiger partial charge < -0.3 is 5.73 Å². The van der Waals surface area contributed by atoms with Crippen LogP contribution in [0.4, 0.5) is 5.82 Å². The number of anilines is 1. The number of nitrogens with two attached hydrogens (primary N) is 1. The second-order valence-electron chi connectivity index (χ2n) is 4.44. The van der Waals surface area contributed by atoms with Crippen molar-refractivity contribution in [3.63, 3.8) is 0 Å². The Morgan fingerprint density at radius 1 is 1.10 bits per heavy atom. The molecule has 20 heavy (non-hydrogen) atoms. The molecule has 0 bridgehead atoms. The van der Waals surface area contributed by atoms with Crippen LogP contribution in [0.15, 0.2) is 48.8 Å². The molecule has 2 aromatic heterocycles. The summed E-state index contributed by atoms with van der Waals surface area (Å²) in [7, 11) is 0. The Morgan fingerprint density at radius 3 is 2.55 bits per heavy atom. The minimum atomic E-state index is 0.672. The molecule has 0 aliphatic heterocycles. The molecule has 2 heterocycles. The van der Waals surface area contributed by atoms with E-state index in [0.717, 1.165) is 28.9 Å². The first-order valence-electron chi connectivity index (χ1n) is 6.51. The molecule has 0 radical (unpaired) electrons. The predicted octanol–water partition coefficient (Wildman–Crippen LogP) is 2.47. The molecule has 100 valence electrons. The van der Waals surface area contributed by atoms with E-state index in [-0.39, 0.29) is 0 Å². The first kappa shape index (κ1) is 12.3. The number of para-hydroxylation sites is 1. The maximum atomic E-state index is 6.25. The first-order chi connectivity index (χ1) is 9.81. The van der Waals surface area contributed by atoms with Crippen LogP contribution in [0.25, 0.3) is 16.9 Å². The fourth-order valence-corrected chi connectivity index (χ4v) is 2.24. The third kappa shape index (κ3) is 2.03. The van der Waals surface area contributed by atoms with Crippen molar-refractivity contribution in [1.29, 1.82) is 0 Å². The minimum Gasteiger partial charge on any atom is -0.383 e. The van der Waals surface area contributed by atoms with Crippen molar-refractivity contribution in [2.75, 3.05) is 5.73 Å². The molecule has 0 fully saturated rings. The number of nitrogens with zero attached hydrogens (tertiary/aromatic N) is 4. The second kappa shape index (κ2) is 5.13. The number of aromatic nitrogens is 4. The van der Waals surface area contributed by atoms with E-state index in [1.165, 1.54) is 0 Å². The van der Waals surface area contributed by atoms with E-state index in [9.17, 15) is 0 Å². The summed E-state index contributed by atoms with van der Waals surface area (Å²) in [6, 6.07) is 11.8. The van der Waals surface area contributed by atoms with Gasteiger partial charge in [-0.25, -0.2) is 4.68 Å². The summed E-state index contributed by atoms with van der Waals surface area (Å²) < 4.78 is 1.77. The van der Waals surface area contributed by atoms with Gasteiger partial charge in [-0.3, -0.25) is 0 Å². The topological polar surface area (TPSA) is 69.6 Å². The van der Waals surface area contributed by atoms with Crippen LogP contribution >= 0.6 is 0 Å². The molecule has 0 saturated carbocycles. The Bertz CT molecular complexity index is 704. The van der Waals surface area contributed by atoms with Crippen molar-refractivity contribution < 1.29 is 0 Å². The zero-order valence-electron chi connectivity index (χ0n) is 11.2. The van der Waals surface area contributed by atoms with Crippen LogP contribution < -0.4 is 5.73 Å². The SMILES string of the molecule is CCc1c(-c2ccnnc2)nn(-c2ccccc2)c1N. The standard InChI is InChI=1S/C15H15N5/c1-2-13-14(11-8-9-17-18-10-11)19-20(15(13)16)12-6-4-3-5-7-12/h3-10H,2,16H2,1H3. The van der Waals surface area contributed by atoms with E-state index >= 15 is 0 Å². The van der Waals surface area contributed by atoms with Gasteiger partial charge in [0.2, 0.25) is 0 Å². The molecule has 0 amide bonds. The zero-order valence-corrected chi connectivity index (χ0v) is 11.2. The number of benzene rings is 1. The van der Waals surface area contributed by atoms with Gasteiger partial charge in [-0.05, 0) is 24.6 Å². The zero-order chi connectivity index (χ0) is 13.9. The van der Waals surface area contributed by atoms with Gasteiger partial charge in [0.1, 0.15) is 5.82 Å². The molecular weight excluding hydrogens is 250 g/mol. The Hall–Kier alpha value is -2.69. The van der Waals surface area contributed by atoms with Gasteiger partial charge in [-0.2, -0.15) is 15.3 Å². The first-order valence-corrected chi connectivity index (χ1v) is 6.51. The van der Waals surface area contributed by atoms with Crippen LogP contribution in [0, 0.1) is 0 Å². The Balaban J connectivity index is 2.18. The fourth-order valence-electron chi connectivity index (χ4n) is 2.24. The summed E-state index contributed by atoms with van der Waals surface area (Å²) in [5, 5.41) is 12.4. The molecule has 3 aromatic rings. The van der Waals surface area contributed by atoms with E-state index < -0.39 is 0 Å². The maximum absolute atomic E-state index is 6.25. The summed E-state index contributed by atoms with van der Waals surface area (Å²) in [5.74, 6) is 0.672. The van der Waals surface area contributed by atoms with Gasteiger partial charge in [-0.15, -0.1) is 0 Å².